The number of hydrogen-bond donors (Lipinski definition) is 0. The number of aromatic nitrogens is 1. The van der Waals surface area contributed by atoms with E-state index in [0.29, 0.717) is 5.56 Å². The molecular weight excluding hydrogens is 501 g/mol. The van der Waals surface area contributed by atoms with Crippen LogP contribution in [0.2, 0.25) is 0 Å². The molecule has 0 saturated heterocycles. The van der Waals surface area contributed by atoms with Crippen LogP contribution >= 0.6 is 0 Å². The van der Waals surface area contributed by atoms with E-state index in [2.05, 4.69) is 150 Å². The maximum absolute atomic E-state index is 9.93. The Morgan fingerprint density at radius 1 is 0.500 bits per heavy atom. The Kier molecular flexibility index (Phi) is 4.94. The zero-order valence-corrected chi connectivity index (χ0v) is 22.8. The van der Waals surface area contributed by atoms with Crippen LogP contribution in [0.3, 0.4) is 0 Å². The number of nitrogens with zero attached hydrogens (tertiary/aromatic N) is 2. The second-order valence-electron chi connectivity index (χ2n) is 10.5. The molecule has 0 amide bonds. The van der Waals surface area contributed by atoms with Gasteiger partial charge in [0.25, 0.3) is 0 Å². The number of hydrogen-bond acceptors (Lipinski definition) is 1. The number of para-hydroxylation sites is 2. The molecule has 0 atom stereocenters. The van der Waals surface area contributed by atoms with Crippen LogP contribution in [0.4, 0.5) is 0 Å². The summed E-state index contributed by atoms with van der Waals surface area (Å²) in [5, 5.41) is 17.8. The maximum atomic E-state index is 9.93. The lowest BCUT2D eigenvalue weighted by Crippen LogP contribution is -2.72. The van der Waals surface area contributed by atoms with Crippen LogP contribution in [0.1, 0.15) is 5.56 Å². The Labute approximate surface area is 234 Å². The van der Waals surface area contributed by atoms with E-state index in [1.807, 2.05) is 6.07 Å². The minimum absolute atomic E-state index is 0.706. The van der Waals surface area contributed by atoms with Gasteiger partial charge in [0.2, 0.25) is 0 Å². The Morgan fingerprint density at radius 3 is 1.57 bits per heavy atom. The van der Waals surface area contributed by atoms with Crippen molar-refractivity contribution in [3.05, 3.63) is 151 Å². The van der Waals surface area contributed by atoms with E-state index in [1.54, 1.807) is 0 Å². The van der Waals surface area contributed by atoms with Gasteiger partial charge in [-0.1, -0.05) is 109 Å². The van der Waals surface area contributed by atoms with Crippen molar-refractivity contribution < 1.29 is 0 Å². The first-order valence-corrected chi connectivity index (χ1v) is 15.6. The summed E-state index contributed by atoms with van der Waals surface area (Å²) in [4.78, 5) is 0. The van der Waals surface area contributed by atoms with Crippen molar-refractivity contribution >= 4 is 50.6 Å². The molecule has 0 aliphatic carbocycles. The molecule has 0 unspecified atom stereocenters. The van der Waals surface area contributed by atoms with E-state index in [-0.39, 0.29) is 0 Å². The Morgan fingerprint density at radius 2 is 1.00 bits per heavy atom. The first-order valence-electron chi connectivity index (χ1n) is 13.6. The third-order valence-electron chi connectivity index (χ3n) is 8.50. The molecule has 3 heteroatoms. The predicted molar refractivity (Wildman–Crippen MR) is 168 cm³/mol. The Balaban J connectivity index is 1.52. The molecule has 2 nitrogen and oxygen atoms in total. The summed E-state index contributed by atoms with van der Waals surface area (Å²) >= 11 is 0. The summed E-state index contributed by atoms with van der Waals surface area (Å²) in [7, 11) is -2.72. The zero-order chi connectivity index (χ0) is 26.7. The second-order valence-corrected chi connectivity index (χ2v) is 14.2. The van der Waals surface area contributed by atoms with Gasteiger partial charge in [-0.3, -0.25) is 0 Å². The van der Waals surface area contributed by atoms with Crippen LogP contribution in [0.15, 0.2) is 146 Å². The highest BCUT2D eigenvalue weighted by atomic mass is 28.3. The first-order chi connectivity index (χ1) is 19.8. The second kappa shape index (κ2) is 8.67. The van der Waals surface area contributed by atoms with Crippen molar-refractivity contribution in [3.63, 3.8) is 0 Å². The fourth-order valence-electron chi connectivity index (χ4n) is 6.89. The molecule has 2 heterocycles. The predicted octanol–water partition coefficient (Wildman–Crippen LogP) is 6.01. The highest BCUT2D eigenvalue weighted by molar-refractivity contribution is 7.22. The topological polar surface area (TPSA) is 28.7 Å². The average molecular weight is 525 g/mol. The van der Waals surface area contributed by atoms with Gasteiger partial charge in [-0.2, -0.15) is 5.26 Å². The highest BCUT2D eigenvalue weighted by Gasteiger charge is 2.49. The number of fused-ring (bicyclic) bond motifs is 6. The van der Waals surface area contributed by atoms with E-state index in [4.69, 9.17) is 0 Å². The summed E-state index contributed by atoms with van der Waals surface area (Å²) in [6.45, 7) is 0. The molecule has 1 aliphatic heterocycles. The fourth-order valence-corrected chi connectivity index (χ4v) is 12.1. The normalized spacial score (nSPS) is 13.2. The molecule has 0 N–H and O–H groups in total. The van der Waals surface area contributed by atoms with Gasteiger partial charge in [0.15, 0.2) is 8.07 Å². The number of rotatable bonds is 3. The van der Waals surface area contributed by atoms with E-state index >= 15 is 0 Å². The molecular formula is C37H24N2Si. The SMILES string of the molecule is N#Cc1ccc2c(c1)[Si](c1ccccc1)(c1ccccc1)c1cc(-n3c4ccccc4c4ccccc43)ccc1-2. The van der Waals surface area contributed by atoms with Gasteiger partial charge in [-0.25, -0.2) is 0 Å². The first kappa shape index (κ1) is 22.8. The van der Waals surface area contributed by atoms with E-state index < -0.39 is 8.07 Å². The van der Waals surface area contributed by atoms with E-state index in [1.165, 1.54) is 53.7 Å². The van der Waals surface area contributed by atoms with Crippen LogP contribution in [0, 0.1) is 11.3 Å². The number of nitriles is 1. The van der Waals surface area contributed by atoms with Crippen LogP contribution in [0.25, 0.3) is 38.6 Å². The van der Waals surface area contributed by atoms with Gasteiger partial charge in [-0.05, 0) is 68.3 Å². The molecule has 8 rings (SSSR count). The van der Waals surface area contributed by atoms with Crippen LogP contribution in [-0.4, -0.2) is 12.6 Å². The van der Waals surface area contributed by atoms with Crippen molar-refractivity contribution in [1.82, 2.24) is 4.57 Å². The molecule has 0 saturated carbocycles. The standard InChI is InChI=1S/C37H24N2Si/c38-25-26-19-21-32-33-22-20-27(39-34-17-9-7-15-30(34)31-16-8-10-18-35(31)39)24-37(33)40(36(32)23-26,28-11-3-1-4-12-28)29-13-5-2-6-14-29/h1-24H. The van der Waals surface area contributed by atoms with Gasteiger partial charge in [0.05, 0.1) is 22.7 Å². The van der Waals surface area contributed by atoms with Gasteiger partial charge in [0, 0.05) is 16.5 Å². The lowest BCUT2D eigenvalue weighted by atomic mass is 10.0. The summed E-state index contributed by atoms with van der Waals surface area (Å²) in [6.07, 6.45) is 0. The van der Waals surface area contributed by atoms with Crippen LogP contribution in [0.5, 0.6) is 0 Å². The molecule has 0 fully saturated rings. The molecule has 1 aromatic heterocycles. The summed E-state index contributed by atoms with van der Waals surface area (Å²) < 4.78 is 2.41. The molecule has 6 aromatic carbocycles. The monoisotopic (exact) mass is 524 g/mol. The lowest BCUT2D eigenvalue weighted by molar-refractivity contribution is 1.18. The van der Waals surface area contributed by atoms with Gasteiger partial charge in [-0.15, -0.1) is 0 Å². The molecule has 40 heavy (non-hydrogen) atoms. The zero-order valence-electron chi connectivity index (χ0n) is 21.8. The minimum Gasteiger partial charge on any atom is -0.309 e. The summed E-state index contributed by atoms with van der Waals surface area (Å²) in [5.41, 5.74) is 6.78. The van der Waals surface area contributed by atoms with E-state index in [0.717, 1.165) is 5.69 Å². The van der Waals surface area contributed by atoms with Gasteiger partial charge >= 0.3 is 0 Å². The Hall–Kier alpha value is -5.17. The van der Waals surface area contributed by atoms with Gasteiger partial charge in [0.1, 0.15) is 0 Å². The quantitative estimate of drug-likeness (QED) is 0.260. The molecule has 0 radical (unpaired) electrons. The van der Waals surface area contributed by atoms with Crippen LogP contribution in [-0.2, 0) is 0 Å². The third-order valence-corrected chi connectivity index (χ3v) is 13.3. The summed E-state index contributed by atoms with van der Waals surface area (Å²) in [5.74, 6) is 0. The third kappa shape index (κ3) is 3.03. The van der Waals surface area contributed by atoms with E-state index in [9.17, 15) is 5.26 Å². The smallest absolute Gasteiger partial charge is 0.180 e. The molecule has 0 spiro atoms. The van der Waals surface area contributed by atoms with Crippen molar-refractivity contribution in [2.45, 2.75) is 0 Å². The van der Waals surface area contributed by atoms with Gasteiger partial charge < -0.3 is 4.57 Å². The molecule has 186 valence electrons. The number of benzene rings is 6. The van der Waals surface area contributed by atoms with Crippen LogP contribution < -0.4 is 20.7 Å². The van der Waals surface area contributed by atoms with Crippen molar-refractivity contribution in [2.75, 3.05) is 0 Å². The fraction of sp³-hybridized carbons (Fsp3) is 0. The molecule has 0 bridgehead atoms. The minimum atomic E-state index is -2.72. The largest absolute Gasteiger partial charge is 0.309 e. The van der Waals surface area contributed by atoms with Crippen molar-refractivity contribution in [2.24, 2.45) is 0 Å². The average Bonchev–Trinajstić information content (AvgIpc) is 3.52. The highest BCUT2D eigenvalue weighted by Crippen LogP contribution is 2.34. The maximum Gasteiger partial charge on any atom is 0.180 e. The van der Waals surface area contributed by atoms with Crippen molar-refractivity contribution in [1.29, 1.82) is 5.26 Å². The molecule has 1 aliphatic rings. The lowest BCUT2D eigenvalue weighted by Gasteiger charge is -2.31. The Bertz CT molecular complexity index is 2030. The van der Waals surface area contributed by atoms with Crippen molar-refractivity contribution in [3.8, 4) is 22.9 Å². The molecule has 7 aromatic rings. The summed E-state index contributed by atoms with van der Waals surface area (Å²) in [6, 6.07) is 55.0.